The minimum Gasteiger partial charge on any atom is -0.222 e. The Morgan fingerprint density at radius 3 is 2.50 bits per heavy atom. The maximum Gasteiger partial charge on any atom is 0.248 e. The minimum absolute atomic E-state index is 0.0364. The van der Waals surface area contributed by atoms with Crippen LogP contribution in [-0.4, -0.2) is 15.9 Å². The first kappa shape index (κ1) is 12.5. The summed E-state index contributed by atoms with van der Waals surface area (Å²) in [7, 11) is 0. The highest BCUT2D eigenvalue weighted by atomic mass is 79.9. The Morgan fingerprint density at radius 1 is 1.31 bits per heavy atom. The third-order valence-corrected chi connectivity index (χ3v) is 4.01. The van der Waals surface area contributed by atoms with Crippen molar-refractivity contribution in [2.24, 2.45) is 5.92 Å². The molecule has 1 aromatic rings. The predicted octanol–water partition coefficient (Wildman–Crippen LogP) is 4.13. The molecule has 1 aromatic heterocycles. The van der Waals surface area contributed by atoms with E-state index in [1.54, 1.807) is 0 Å². The highest BCUT2D eigenvalue weighted by molar-refractivity contribution is 9.10. The molecule has 0 unspecified atom stereocenters. The van der Waals surface area contributed by atoms with Crippen molar-refractivity contribution in [1.29, 1.82) is 0 Å². The zero-order valence-electron chi connectivity index (χ0n) is 7.98. The van der Waals surface area contributed by atoms with Gasteiger partial charge in [-0.25, -0.2) is 18.7 Å². The van der Waals surface area contributed by atoms with Crippen molar-refractivity contribution in [2.75, 3.05) is 0 Å². The summed E-state index contributed by atoms with van der Waals surface area (Å²) in [5.74, 6) is -2.58. The van der Waals surface area contributed by atoms with E-state index < -0.39 is 5.92 Å². The average Bonchev–Trinajstić information content (AvgIpc) is 2.10. The van der Waals surface area contributed by atoms with Crippen LogP contribution in [0.4, 0.5) is 8.78 Å². The Morgan fingerprint density at radius 2 is 1.94 bits per heavy atom. The summed E-state index contributed by atoms with van der Waals surface area (Å²) in [5.41, 5.74) is 0.588. The second-order valence-electron chi connectivity index (χ2n) is 3.88. The molecule has 0 aromatic carbocycles. The third-order valence-electron chi connectivity index (χ3n) is 2.51. The number of halogens is 5. The first-order chi connectivity index (χ1) is 7.37. The van der Waals surface area contributed by atoms with E-state index in [4.69, 9.17) is 23.2 Å². The molecule has 0 saturated heterocycles. The summed E-state index contributed by atoms with van der Waals surface area (Å²) in [6.07, 6.45) is 0.246. The van der Waals surface area contributed by atoms with Crippen molar-refractivity contribution >= 4 is 39.1 Å². The number of alkyl halides is 2. The lowest BCUT2D eigenvalue weighted by molar-refractivity contribution is -0.110. The monoisotopic (exact) mass is 330 g/mol. The van der Waals surface area contributed by atoms with Gasteiger partial charge in [0.05, 0.1) is 10.2 Å². The van der Waals surface area contributed by atoms with Crippen molar-refractivity contribution in [3.8, 4) is 0 Å². The largest absolute Gasteiger partial charge is 0.248 e. The molecule has 2 rings (SSSR count). The van der Waals surface area contributed by atoms with Gasteiger partial charge in [-0.05, 0) is 39.9 Å². The molecule has 0 bridgehead atoms. The maximum absolute atomic E-state index is 12.7. The van der Waals surface area contributed by atoms with Gasteiger partial charge >= 0.3 is 0 Å². The van der Waals surface area contributed by atoms with Crippen LogP contribution in [0, 0.1) is 5.92 Å². The van der Waals surface area contributed by atoms with Gasteiger partial charge in [0.1, 0.15) is 5.15 Å². The second kappa shape index (κ2) is 4.35. The molecule has 1 aliphatic rings. The Balaban J connectivity index is 2.11. The van der Waals surface area contributed by atoms with Gasteiger partial charge in [0, 0.05) is 12.8 Å². The molecule has 0 spiro atoms. The quantitative estimate of drug-likeness (QED) is 0.601. The molecule has 88 valence electrons. The van der Waals surface area contributed by atoms with Crippen LogP contribution in [0.3, 0.4) is 0 Å². The van der Waals surface area contributed by atoms with E-state index >= 15 is 0 Å². The summed E-state index contributed by atoms with van der Waals surface area (Å²) in [4.78, 5) is 7.72. The van der Waals surface area contributed by atoms with Crippen LogP contribution in [0.15, 0.2) is 4.47 Å². The van der Waals surface area contributed by atoms with Crippen molar-refractivity contribution < 1.29 is 8.78 Å². The van der Waals surface area contributed by atoms with Gasteiger partial charge in [0.25, 0.3) is 0 Å². The van der Waals surface area contributed by atoms with Crippen molar-refractivity contribution in [3.05, 3.63) is 20.6 Å². The molecule has 1 heterocycles. The van der Waals surface area contributed by atoms with E-state index in [9.17, 15) is 8.78 Å². The van der Waals surface area contributed by atoms with E-state index in [-0.39, 0.29) is 29.2 Å². The molecule has 0 amide bonds. The van der Waals surface area contributed by atoms with Gasteiger partial charge in [-0.1, -0.05) is 11.6 Å². The summed E-state index contributed by atoms with van der Waals surface area (Å²) in [6.45, 7) is 0. The van der Waals surface area contributed by atoms with Crippen LogP contribution in [0.25, 0.3) is 0 Å². The number of rotatable bonds is 2. The van der Waals surface area contributed by atoms with Gasteiger partial charge < -0.3 is 0 Å². The molecule has 1 saturated carbocycles. The molecule has 1 aliphatic carbocycles. The second-order valence-corrected chi connectivity index (χ2v) is 5.37. The van der Waals surface area contributed by atoms with Crippen LogP contribution in [-0.2, 0) is 6.42 Å². The molecule has 7 heteroatoms. The lowest BCUT2D eigenvalue weighted by Crippen LogP contribution is -2.36. The van der Waals surface area contributed by atoms with E-state index in [0.717, 1.165) is 0 Å². The maximum atomic E-state index is 12.7. The van der Waals surface area contributed by atoms with E-state index in [2.05, 4.69) is 25.9 Å². The Hall–Kier alpha value is -0.000000000000000167. The molecule has 0 radical (unpaired) electrons. The lowest BCUT2D eigenvalue weighted by Gasteiger charge is -2.34. The summed E-state index contributed by atoms with van der Waals surface area (Å²) >= 11 is 14.7. The lowest BCUT2D eigenvalue weighted by atomic mass is 9.78. The Kier molecular flexibility index (Phi) is 3.39. The SMILES string of the molecule is FC1(F)CC(Cc2nc(Cl)nc(Cl)c2Br)C1. The van der Waals surface area contributed by atoms with Gasteiger partial charge in [0.15, 0.2) is 0 Å². The molecular weight excluding hydrogens is 325 g/mol. The van der Waals surface area contributed by atoms with Gasteiger partial charge in [-0.3, -0.25) is 0 Å². The summed E-state index contributed by atoms with van der Waals surface area (Å²) in [6, 6.07) is 0. The van der Waals surface area contributed by atoms with Crippen LogP contribution < -0.4 is 0 Å². The minimum atomic E-state index is -2.52. The van der Waals surface area contributed by atoms with Crippen LogP contribution >= 0.6 is 39.1 Å². The van der Waals surface area contributed by atoms with Gasteiger partial charge in [-0.15, -0.1) is 0 Å². The zero-order valence-corrected chi connectivity index (χ0v) is 11.1. The number of hydrogen-bond acceptors (Lipinski definition) is 2. The van der Waals surface area contributed by atoms with Gasteiger partial charge in [0.2, 0.25) is 11.2 Å². The fourth-order valence-corrected chi connectivity index (χ4v) is 2.53. The normalized spacial score (nSPS) is 19.6. The zero-order chi connectivity index (χ0) is 11.9. The number of hydrogen-bond donors (Lipinski definition) is 0. The predicted molar refractivity (Wildman–Crippen MR) is 61.1 cm³/mol. The van der Waals surface area contributed by atoms with Crippen LogP contribution in [0.2, 0.25) is 10.4 Å². The van der Waals surface area contributed by atoms with Crippen LogP contribution in [0.5, 0.6) is 0 Å². The van der Waals surface area contributed by atoms with Crippen molar-refractivity contribution in [3.63, 3.8) is 0 Å². The standard InChI is InChI=1S/C9H7BrCl2F2N2/c10-6-5(15-8(12)16-7(6)11)1-4-2-9(13,14)3-4/h4H,1-3H2. The Labute approximate surface area is 109 Å². The summed E-state index contributed by atoms with van der Waals surface area (Å²) < 4.78 is 25.8. The molecular formula is C9H7BrCl2F2N2. The average molecular weight is 332 g/mol. The van der Waals surface area contributed by atoms with E-state index in [1.165, 1.54) is 0 Å². The highest BCUT2D eigenvalue weighted by Crippen LogP contribution is 2.44. The van der Waals surface area contributed by atoms with E-state index in [1.807, 2.05) is 0 Å². The molecule has 0 atom stereocenters. The molecule has 1 fully saturated rings. The van der Waals surface area contributed by atoms with Crippen molar-refractivity contribution in [1.82, 2.24) is 9.97 Å². The number of nitrogens with zero attached hydrogens (tertiary/aromatic N) is 2. The van der Waals surface area contributed by atoms with E-state index in [0.29, 0.717) is 16.6 Å². The Bertz CT molecular complexity index is 420. The molecule has 0 aliphatic heterocycles. The third kappa shape index (κ3) is 2.63. The van der Waals surface area contributed by atoms with Crippen molar-refractivity contribution in [2.45, 2.75) is 25.2 Å². The topological polar surface area (TPSA) is 25.8 Å². The fraction of sp³-hybridized carbons (Fsp3) is 0.556. The number of aromatic nitrogens is 2. The molecule has 0 N–H and O–H groups in total. The first-order valence-corrected chi connectivity index (χ1v) is 6.17. The fourth-order valence-electron chi connectivity index (χ4n) is 1.77. The first-order valence-electron chi connectivity index (χ1n) is 4.62. The van der Waals surface area contributed by atoms with Gasteiger partial charge in [-0.2, -0.15) is 0 Å². The molecule has 2 nitrogen and oxygen atoms in total. The highest BCUT2D eigenvalue weighted by Gasteiger charge is 2.45. The smallest absolute Gasteiger partial charge is 0.222 e. The molecule has 16 heavy (non-hydrogen) atoms. The summed E-state index contributed by atoms with van der Waals surface area (Å²) in [5, 5.41) is 0.246. The van der Waals surface area contributed by atoms with Crippen LogP contribution in [0.1, 0.15) is 18.5 Å².